The lowest BCUT2D eigenvalue weighted by Crippen LogP contribution is -2.46. The summed E-state index contributed by atoms with van der Waals surface area (Å²) in [6, 6.07) is -0.727. The van der Waals surface area contributed by atoms with Crippen molar-refractivity contribution in [2.24, 2.45) is 0 Å². The Morgan fingerprint density at radius 3 is 1.18 bits per heavy atom. The van der Waals surface area contributed by atoms with Gasteiger partial charge in [-0.15, -0.1) is 0 Å². The molecule has 0 aromatic rings. The maximum Gasteiger partial charge on any atom is 0.306 e. The first kappa shape index (κ1) is 64.8. The molecule has 0 saturated heterocycles. The molecule has 0 saturated carbocycles. The van der Waals surface area contributed by atoms with Gasteiger partial charge in [-0.1, -0.05) is 266 Å². The van der Waals surface area contributed by atoms with E-state index in [1.54, 1.807) is 0 Å². The van der Waals surface area contributed by atoms with E-state index in [2.05, 4.69) is 117 Å². The lowest BCUT2D eigenvalue weighted by atomic mass is 10.0. The second-order valence-corrected chi connectivity index (χ2v) is 19.2. The van der Waals surface area contributed by atoms with E-state index in [1.807, 2.05) is 6.08 Å². The topological polar surface area (TPSA) is 95.9 Å². The van der Waals surface area contributed by atoms with Crippen LogP contribution in [0.25, 0.3) is 0 Å². The van der Waals surface area contributed by atoms with E-state index in [9.17, 15) is 19.8 Å². The van der Waals surface area contributed by atoms with Gasteiger partial charge in [-0.3, -0.25) is 9.59 Å². The average molecular weight is 947 g/mol. The van der Waals surface area contributed by atoms with Crippen LogP contribution in [0, 0.1) is 0 Å². The van der Waals surface area contributed by atoms with Crippen molar-refractivity contribution < 1.29 is 24.5 Å². The third kappa shape index (κ3) is 49.2. The molecule has 6 heteroatoms. The minimum atomic E-state index is -0.810. The third-order valence-electron chi connectivity index (χ3n) is 12.6. The zero-order chi connectivity index (χ0) is 49.5. The van der Waals surface area contributed by atoms with Crippen LogP contribution >= 0.6 is 0 Å². The van der Waals surface area contributed by atoms with Crippen LogP contribution in [0.2, 0.25) is 0 Å². The molecule has 0 aromatic carbocycles. The normalized spacial score (nSPS) is 13.9. The van der Waals surface area contributed by atoms with E-state index in [-0.39, 0.29) is 24.9 Å². The Labute approximate surface area is 420 Å². The third-order valence-corrected chi connectivity index (χ3v) is 12.6. The summed E-state index contributed by atoms with van der Waals surface area (Å²) in [5, 5.41) is 23.9. The largest absolute Gasteiger partial charge is 0.462 e. The number of amides is 1. The monoisotopic (exact) mass is 946 g/mol. The van der Waals surface area contributed by atoms with Crippen molar-refractivity contribution in [2.75, 3.05) is 6.61 Å². The van der Waals surface area contributed by atoms with Crippen molar-refractivity contribution in [2.45, 2.75) is 277 Å². The van der Waals surface area contributed by atoms with E-state index in [0.717, 1.165) is 96.3 Å². The molecule has 0 aromatic heterocycles. The van der Waals surface area contributed by atoms with Crippen LogP contribution in [0.5, 0.6) is 0 Å². The predicted molar refractivity (Wildman–Crippen MR) is 296 cm³/mol. The number of ether oxygens (including phenoxy) is 1. The second kappa shape index (κ2) is 54.7. The minimum absolute atomic E-state index is 0.0369. The number of carbonyl (C=O) groups is 2. The zero-order valence-corrected chi connectivity index (χ0v) is 44.5. The molecule has 0 rings (SSSR count). The molecule has 0 aliphatic heterocycles. The first-order valence-corrected chi connectivity index (χ1v) is 28.6. The number of aliphatic hydroxyl groups is 2. The maximum absolute atomic E-state index is 13.3. The summed E-state index contributed by atoms with van der Waals surface area (Å²) in [6.45, 7) is 6.40. The van der Waals surface area contributed by atoms with Crippen molar-refractivity contribution in [1.29, 1.82) is 0 Å². The molecule has 0 aliphatic rings. The van der Waals surface area contributed by atoms with Gasteiger partial charge in [0, 0.05) is 6.42 Å². The molecule has 68 heavy (non-hydrogen) atoms. The van der Waals surface area contributed by atoms with Gasteiger partial charge in [0.25, 0.3) is 0 Å². The highest BCUT2D eigenvalue weighted by atomic mass is 16.5. The molecule has 390 valence electrons. The average Bonchev–Trinajstić information content (AvgIpc) is 3.33. The van der Waals surface area contributed by atoms with Gasteiger partial charge in [0.05, 0.1) is 25.2 Å². The Bertz CT molecular complexity index is 1340. The maximum atomic E-state index is 13.3. The fraction of sp³-hybridized carbons (Fsp3) is 0.710. The SMILES string of the molecule is CCCCC/C=C/C=C/C=C/C=C/CCCCCCCC(=O)OC(CCCCC/C=C/C=C/C=C/C=C/CCCCC)CC(=O)NC(CO)C(O)CCCCCCCCCCCCCCCCC. The molecule has 0 spiro atoms. The Hall–Kier alpha value is -3.22. The Balaban J connectivity index is 4.71. The van der Waals surface area contributed by atoms with Crippen molar-refractivity contribution >= 4 is 11.9 Å². The van der Waals surface area contributed by atoms with Gasteiger partial charge in [0.2, 0.25) is 5.91 Å². The summed E-state index contributed by atoms with van der Waals surface area (Å²) in [5.74, 6) is -0.541. The van der Waals surface area contributed by atoms with Gasteiger partial charge in [0.1, 0.15) is 6.10 Å². The molecule has 0 fully saturated rings. The molecular weight excluding hydrogens is 839 g/mol. The van der Waals surface area contributed by atoms with Crippen molar-refractivity contribution in [1.82, 2.24) is 5.32 Å². The zero-order valence-electron chi connectivity index (χ0n) is 44.5. The molecular formula is C62H107NO5. The molecule has 3 N–H and O–H groups in total. The molecule has 1 amide bonds. The number of aliphatic hydroxyl groups excluding tert-OH is 2. The number of esters is 1. The van der Waals surface area contributed by atoms with Gasteiger partial charge in [-0.25, -0.2) is 0 Å². The van der Waals surface area contributed by atoms with E-state index in [0.29, 0.717) is 19.3 Å². The highest BCUT2D eigenvalue weighted by Gasteiger charge is 2.24. The fourth-order valence-electron chi connectivity index (χ4n) is 8.22. The first-order chi connectivity index (χ1) is 33.5. The fourth-order valence-corrected chi connectivity index (χ4v) is 8.22. The Morgan fingerprint density at radius 1 is 0.426 bits per heavy atom. The van der Waals surface area contributed by atoms with Gasteiger partial charge in [0.15, 0.2) is 0 Å². The van der Waals surface area contributed by atoms with E-state index in [1.165, 1.54) is 116 Å². The van der Waals surface area contributed by atoms with E-state index >= 15 is 0 Å². The summed E-state index contributed by atoms with van der Waals surface area (Å²) in [6.07, 6.45) is 73.1. The quantitative estimate of drug-likeness (QED) is 0.0321. The number of carbonyl (C=O) groups excluding carboxylic acids is 2. The van der Waals surface area contributed by atoms with Crippen LogP contribution in [0.1, 0.15) is 258 Å². The molecule has 0 bridgehead atoms. The molecule has 0 radical (unpaired) electrons. The Morgan fingerprint density at radius 2 is 0.750 bits per heavy atom. The predicted octanol–water partition coefficient (Wildman–Crippen LogP) is 17.7. The van der Waals surface area contributed by atoms with Crippen LogP contribution in [0.4, 0.5) is 0 Å². The number of hydrogen-bond donors (Lipinski definition) is 3. The van der Waals surface area contributed by atoms with Crippen LogP contribution in [0.3, 0.4) is 0 Å². The molecule has 0 heterocycles. The molecule has 0 aliphatic carbocycles. The van der Waals surface area contributed by atoms with Gasteiger partial charge in [-0.2, -0.15) is 0 Å². The standard InChI is InChI=1S/C62H107NO5/c1-4-7-10-13-16-19-22-25-28-30-31-34-37-40-43-46-49-52-55-62(67)68-58(53-50-47-44-41-38-35-33-29-26-23-20-17-14-11-8-5-2)56-61(66)63-59(57-64)60(65)54-51-48-45-42-39-36-32-27-24-21-18-15-12-9-6-3/h16-17,19-20,22-23,25-26,28-31,33-35,38,58-60,64-65H,4-15,18,21,24,27,32,36-37,39-57H2,1-3H3,(H,63,66)/b19-16+,20-17+,25-22+,26-23+,30-28+,33-29+,34-31+,38-35+. The van der Waals surface area contributed by atoms with Gasteiger partial charge in [-0.05, 0) is 77.0 Å². The summed E-state index contributed by atoms with van der Waals surface area (Å²) in [5.41, 5.74) is 0. The van der Waals surface area contributed by atoms with Crippen LogP contribution in [-0.4, -0.2) is 46.9 Å². The van der Waals surface area contributed by atoms with Crippen molar-refractivity contribution in [3.05, 3.63) is 97.2 Å². The number of unbranched alkanes of at least 4 members (excludes halogenated alkanes) is 28. The summed E-state index contributed by atoms with van der Waals surface area (Å²) in [7, 11) is 0. The van der Waals surface area contributed by atoms with Crippen molar-refractivity contribution in [3.63, 3.8) is 0 Å². The first-order valence-electron chi connectivity index (χ1n) is 28.6. The minimum Gasteiger partial charge on any atom is -0.462 e. The molecule has 3 unspecified atom stereocenters. The number of rotatable bonds is 50. The lowest BCUT2D eigenvalue weighted by molar-refractivity contribution is -0.151. The van der Waals surface area contributed by atoms with Crippen LogP contribution < -0.4 is 5.32 Å². The number of hydrogen-bond acceptors (Lipinski definition) is 5. The molecule has 3 atom stereocenters. The van der Waals surface area contributed by atoms with E-state index < -0.39 is 18.2 Å². The highest BCUT2D eigenvalue weighted by molar-refractivity contribution is 5.77. The molecule has 6 nitrogen and oxygen atoms in total. The lowest BCUT2D eigenvalue weighted by Gasteiger charge is -2.24. The Kier molecular flexibility index (Phi) is 52.1. The van der Waals surface area contributed by atoms with Crippen LogP contribution in [0.15, 0.2) is 97.2 Å². The van der Waals surface area contributed by atoms with Crippen LogP contribution in [-0.2, 0) is 14.3 Å². The second-order valence-electron chi connectivity index (χ2n) is 19.2. The highest BCUT2D eigenvalue weighted by Crippen LogP contribution is 2.17. The summed E-state index contributed by atoms with van der Waals surface area (Å²) in [4.78, 5) is 26.3. The number of nitrogens with one attached hydrogen (secondary N) is 1. The summed E-state index contributed by atoms with van der Waals surface area (Å²) < 4.78 is 5.93. The summed E-state index contributed by atoms with van der Waals surface area (Å²) >= 11 is 0. The van der Waals surface area contributed by atoms with Gasteiger partial charge < -0.3 is 20.3 Å². The van der Waals surface area contributed by atoms with Gasteiger partial charge >= 0.3 is 5.97 Å². The van der Waals surface area contributed by atoms with E-state index in [4.69, 9.17) is 4.74 Å². The smallest absolute Gasteiger partial charge is 0.306 e. The number of allylic oxidation sites excluding steroid dienone is 16. The van der Waals surface area contributed by atoms with Crippen molar-refractivity contribution in [3.8, 4) is 0 Å².